The van der Waals surface area contributed by atoms with Crippen LogP contribution in [0.4, 0.5) is 5.69 Å². The molecule has 2 rings (SSSR count). The van der Waals surface area contributed by atoms with E-state index in [1.165, 1.54) is 15.7 Å². The molecule has 0 aliphatic rings. The van der Waals surface area contributed by atoms with Crippen LogP contribution in [0.25, 0.3) is 0 Å². The summed E-state index contributed by atoms with van der Waals surface area (Å²) >= 11 is 5.85. The molecule has 0 aliphatic heterocycles. The number of pyridine rings is 1. The maximum absolute atomic E-state index is 12.4. The number of likely N-dealkylation sites (N-methyl/N-ethyl adjacent to an activating group) is 1. The summed E-state index contributed by atoms with van der Waals surface area (Å²) in [5.74, 6) is -0.240. The molecule has 0 aliphatic carbocycles. The summed E-state index contributed by atoms with van der Waals surface area (Å²) in [6.07, 6.45) is 2.43. The highest BCUT2D eigenvalue weighted by atomic mass is 35.5. The Hall–Kier alpha value is -2.67. The minimum atomic E-state index is -0.761. The maximum atomic E-state index is 12.4. The predicted molar refractivity (Wildman–Crippen MR) is 90.0 cm³/mol. The van der Waals surface area contributed by atoms with Crippen molar-refractivity contribution in [1.82, 2.24) is 9.47 Å². The molecule has 0 spiro atoms. The number of hydrogen-bond acceptors (Lipinski definition) is 4. The van der Waals surface area contributed by atoms with Gasteiger partial charge >= 0.3 is 5.69 Å². The predicted octanol–water partition coefficient (Wildman–Crippen LogP) is 2.63. The van der Waals surface area contributed by atoms with Crippen molar-refractivity contribution in [3.05, 3.63) is 73.6 Å². The Kier molecular flexibility index (Phi) is 5.35. The fraction of sp³-hybridized carbons (Fsp3) is 0.250. The number of nitro groups is 1. The molecule has 8 heteroatoms. The molecule has 2 aromatic rings. The van der Waals surface area contributed by atoms with Gasteiger partial charge in [0.05, 0.1) is 17.2 Å². The molecule has 126 valence electrons. The van der Waals surface area contributed by atoms with Crippen LogP contribution in [0.2, 0.25) is 5.02 Å². The normalized spacial score (nSPS) is 11.8. The van der Waals surface area contributed by atoms with E-state index in [-0.39, 0.29) is 18.5 Å². The Bertz CT molecular complexity index is 817. The van der Waals surface area contributed by atoms with Crippen molar-refractivity contribution in [2.45, 2.75) is 19.5 Å². The summed E-state index contributed by atoms with van der Waals surface area (Å²) in [5.41, 5.74) is -0.327. The highest BCUT2D eigenvalue weighted by molar-refractivity contribution is 6.30. The van der Waals surface area contributed by atoms with Gasteiger partial charge in [-0.25, -0.2) is 0 Å². The van der Waals surface area contributed by atoms with Gasteiger partial charge in [-0.3, -0.25) is 19.7 Å². The molecule has 0 N–H and O–H groups in total. The fourth-order valence-electron chi connectivity index (χ4n) is 2.20. The number of halogens is 1. The zero-order valence-corrected chi connectivity index (χ0v) is 13.9. The second-order valence-electron chi connectivity index (χ2n) is 5.36. The molecule has 0 saturated heterocycles. The number of carbonyl (C=O) groups excluding carboxylic acids is 1. The molecule has 0 bridgehead atoms. The molecule has 1 heterocycles. The topological polar surface area (TPSA) is 85.5 Å². The summed E-state index contributed by atoms with van der Waals surface area (Å²) in [6, 6.07) is 8.05. The molecule has 1 atom stereocenters. The van der Waals surface area contributed by atoms with Crippen molar-refractivity contribution in [1.29, 1.82) is 0 Å². The molecule has 0 radical (unpaired) electrons. The van der Waals surface area contributed by atoms with Crippen molar-refractivity contribution in [3.8, 4) is 0 Å². The summed E-state index contributed by atoms with van der Waals surface area (Å²) < 4.78 is 1.33. The van der Waals surface area contributed by atoms with Crippen LogP contribution in [0.1, 0.15) is 18.5 Å². The lowest BCUT2D eigenvalue weighted by molar-refractivity contribution is -0.386. The fourth-order valence-corrected chi connectivity index (χ4v) is 2.32. The van der Waals surface area contributed by atoms with Gasteiger partial charge in [0.25, 0.3) is 5.43 Å². The summed E-state index contributed by atoms with van der Waals surface area (Å²) in [4.78, 5) is 35.4. The van der Waals surface area contributed by atoms with Crippen LogP contribution in [-0.2, 0) is 11.3 Å². The number of aromatic nitrogens is 1. The van der Waals surface area contributed by atoms with Gasteiger partial charge in [-0.1, -0.05) is 23.7 Å². The quantitative estimate of drug-likeness (QED) is 0.613. The Balaban J connectivity index is 2.14. The minimum Gasteiger partial charge on any atom is -0.339 e. The van der Waals surface area contributed by atoms with Gasteiger partial charge in [-0.2, -0.15) is 0 Å². The van der Waals surface area contributed by atoms with Crippen molar-refractivity contribution < 1.29 is 9.72 Å². The van der Waals surface area contributed by atoms with E-state index in [0.29, 0.717) is 5.02 Å². The van der Waals surface area contributed by atoms with Gasteiger partial charge in [-0.05, 0) is 24.6 Å². The zero-order valence-electron chi connectivity index (χ0n) is 13.2. The van der Waals surface area contributed by atoms with Crippen LogP contribution in [0.3, 0.4) is 0 Å². The van der Waals surface area contributed by atoms with Crippen molar-refractivity contribution in [2.75, 3.05) is 7.05 Å². The van der Waals surface area contributed by atoms with Crippen molar-refractivity contribution in [3.63, 3.8) is 0 Å². The molecule has 1 amide bonds. The molecule has 0 saturated carbocycles. The van der Waals surface area contributed by atoms with Crippen LogP contribution in [0.5, 0.6) is 0 Å². The summed E-state index contributed by atoms with van der Waals surface area (Å²) in [5, 5.41) is 11.4. The third-order valence-electron chi connectivity index (χ3n) is 3.80. The third-order valence-corrected chi connectivity index (χ3v) is 4.05. The average Bonchev–Trinajstić information content (AvgIpc) is 2.55. The summed E-state index contributed by atoms with van der Waals surface area (Å²) in [6.45, 7) is 1.77. The number of rotatable bonds is 5. The maximum Gasteiger partial charge on any atom is 0.332 e. The molecule has 1 unspecified atom stereocenters. The monoisotopic (exact) mass is 349 g/mol. The summed E-state index contributed by atoms with van der Waals surface area (Å²) in [7, 11) is 1.65. The van der Waals surface area contributed by atoms with Crippen LogP contribution in [0.15, 0.2) is 47.5 Å². The molecule has 0 fully saturated rings. The standard InChI is InChI=1S/C16H16ClN3O4/c1-11(12-3-5-13(17)6-4-12)18(2)16(22)10-19-8-7-15(21)14(9-19)20(23)24/h3-9,11H,10H2,1-2H3. The first-order valence-electron chi connectivity index (χ1n) is 7.15. The second-order valence-corrected chi connectivity index (χ2v) is 5.79. The molecule has 1 aromatic heterocycles. The van der Waals surface area contributed by atoms with Crippen LogP contribution >= 0.6 is 11.6 Å². The average molecular weight is 350 g/mol. The lowest BCUT2D eigenvalue weighted by Gasteiger charge is -2.25. The van der Waals surface area contributed by atoms with Gasteiger partial charge in [-0.15, -0.1) is 0 Å². The van der Waals surface area contributed by atoms with Crippen LogP contribution in [-0.4, -0.2) is 27.3 Å². The van der Waals surface area contributed by atoms with Gasteiger partial charge in [0, 0.05) is 24.3 Å². The van der Waals surface area contributed by atoms with E-state index >= 15 is 0 Å². The molecular weight excluding hydrogens is 334 g/mol. The van der Waals surface area contributed by atoms with E-state index in [0.717, 1.165) is 17.8 Å². The van der Waals surface area contributed by atoms with E-state index < -0.39 is 16.0 Å². The highest BCUT2D eigenvalue weighted by Crippen LogP contribution is 2.21. The highest BCUT2D eigenvalue weighted by Gasteiger charge is 2.19. The smallest absolute Gasteiger partial charge is 0.332 e. The van der Waals surface area contributed by atoms with E-state index in [4.69, 9.17) is 11.6 Å². The first kappa shape index (κ1) is 17.7. The SMILES string of the molecule is CC(c1ccc(Cl)cc1)N(C)C(=O)Cn1ccc(=O)c([N+](=O)[O-])c1. The number of nitrogens with zero attached hydrogens (tertiary/aromatic N) is 3. The molecule has 24 heavy (non-hydrogen) atoms. The Morgan fingerprint density at radius 3 is 2.54 bits per heavy atom. The van der Waals surface area contributed by atoms with Crippen LogP contribution in [0, 0.1) is 10.1 Å². The largest absolute Gasteiger partial charge is 0.339 e. The van der Waals surface area contributed by atoms with Crippen molar-refractivity contribution >= 4 is 23.2 Å². The van der Waals surface area contributed by atoms with Gasteiger partial charge in [0.15, 0.2) is 0 Å². The van der Waals surface area contributed by atoms with Gasteiger partial charge in [0.1, 0.15) is 6.54 Å². The van der Waals surface area contributed by atoms with Gasteiger partial charge in [0.2, 0.25) is 5.91 Å². The van der Waals surface area contributed by atoms with E-state index in [1.807, 2.05) is 19.1 Å². The van der Waals surface area contributed by atoms with E-state index in [1.54, 1.807) is 19.2 Å². The number of hydrogen-bond donors (Lipinski definition) is 0. The van der Waals surface area contributed by atoms with Crippen molar-refractivity contribution in [2.24, 2.45) is 0 Å². The lowest BCUT2D eigenvalue weighted by atomic mass is 10.1. The Morgan fingerprint density at radius 1 is 1.33 bits per heavy atom. The Morgan fingerprint density at radius 2 is 1.96 bits per heavy atom. The van der Waals surface area contributed by atoms with E-state index in [9.17, 15) is 19.7 Å². The number of carbonyl (C=O) groups is 1. The third kappa shape index (κ3) is 3.99. The first-order chi connectivity index (χ1) is 11.3. The Labute approximate surface area is 143 Å². The van der Waals surface area contributed by atoms with E-state index in [2.05, 4.69) is 0 Å². The lowest BCUT2D eigenvalue weighted by Crippen LogP contribution is -2.32. The minimum absolute atomic E-state index is 0.102. The zero-order chi connectivity index (χ0) is 17.9. The molecular formula is C16H16ClN3O4. The van der Waals surface area contributed by atoms with Gasteiger partial charge < -0.3 is 9.47 Å². The second kappa shape index (κ2) is 7.27. The number of amides is 1. The van der Waals surface area contributed by atoms with Crippen LogP contribution < -0.4 is 5.43 Å². The molecule has 7 nitrogen and oxygen atoms in total. The first-order valence-corrected chi connectivity index (χ1v) is 7.53. The number of benzene rings is 1. The molecule has 1 aromatic carbocycles.